The lowest BCUT2D eigenvalue weighted by molar-refractivity contribution is 0.324. The normalized spacial score (nSPS) is 23.9. The molecule has 1 aromatic rings. The van der Waals surface area contributed by atoms with E-state index >= 15 is 0 Å². The maximum absolute atomic E-state index is 6.12. The standard InChI is InChI=1S/C14H21ClN2O/c1-18-14-7-6-11(15)8-10(14)9-17-13-5-3-2-4-12(13)16/h6-8,12-13,17H,2-5,9,16H2,1H3. The number of benzene rings is 1. The lowest BCUT2D eigenvalue weighted by Crippen LogP contribution is -2.46. The van der Waals surface area contributed by atoms with Gasteiger partial charge in [-0.05, 0) is 31.0 Å². The molecule has 3 nitrogen and oxygen atoms in total. The number of methoxy groups -OCH3 is 1. The number of hydrogen-bond donors (Lipinski definition) is 2. The van der Waals surface area contributed by atoms with Crippen molar-refractivity contribution in [3.05, 3.63) is 28.8 Å². The van der Waals surface area contributed by atoms with E-state index in [-0.39, 0.29) is 6.04 Å². The molecule has 0 aliphatic heterocycles. The van der Waals surface area contributed by atoms with E-state index in [1.54, 1.807) is 7.11 Å². The summed E-state index contributed by atoms with van der Waals surface area (Å²) in [5.74, 6) is 0.872. The van der Waals surface area contributed by atoms with E-state index in [0.717, 1.165) is 35.7 Å². The maximum atomic E-state index is 6.12. The molecule has 0 spiro atoms. The van der Waals surface area contributed by atoms with Gasteiger partial charge in [-0.3, -0.25) is 0 Å². The predicted molar refractivity (Wildman–Crippen MR) is 75.1 cm³/mol. The van der Waals surface area contributed by atoms with Crippen LogP contribution in [0.2, 0.25) is 5.02 Å². The zero-order chi connectivity index (χ0) is 13.0. The Bertz CT molecular complexity index is 397. The molecular formula is C14H21ClN2O. The minimum Gasteiger partial charge on any atom is -0.496 e. The molecule has 1 aromatic carbocycles. The van der Waals surface area contributed by atoms with Gasteiger partial charge in [0.2, 0.25) is 0 Å². The van der Waals surface area contributed by atoms with Crippen molar-refractivity contribution < 1.29 is 4.74 Å². The summed E-state index contributed by atoms with van der Waals surface area (Å²) < 4.78 is 5.34. The molecule has 0 bridgehead atoms. The highest BCUT2D eigenvalue weighted by atomic mass is 35.5. The fourth-order valence-electron chi connectivity index (χ4n) is 2.54. The Hall–Kier alpha value is -0.770. The van der Waals surface area contributed by atoms with Crippen LogP contribution >= 0.6 is 11.6 Å². The van der Waals surface area contributed by atoms with Crippen LogP contribution in [0, 0.1) is 0 Å². The Kier molecular flexibility index (Phi) is 4.87. The Morgan fingerprint density at radius 1 is 1.39 bits per heavy atom. The van der Waals surface area contributed by atoms with Crippen LogP contribution < -0.4 is 15.8 Å². The van der Waals surface area contributed by atoms with Gasteiger partial charge in [0, 0.05) is 29.2 Å². The zero-order valence-corrected chi connectivity index (χ0v) is 11.5. The van der Waals surface area contributed by atoms with Crippen molar-refractivity contribution in [1.29, 1.82) is 0 Å². The van der Waals surface area contributed by atoms with Crippen LogP contribution in [-0.4, -0.2) is 19.2 Å². The third kappa shape index (κ3) is 3.37. The van der Waals surface area contributed by atoms with Crippen LogP contribution in [0.3, 0.4) is 0 Å². The molecule has 0 amide bonds. The van der Waals surface area contributed by atoms with Crippen molar-refractivity contribution in [2.24, 2.45) is 5.73 Å². The van der Waals surface area contributed by atoms with Gasteiger partial charge < -0.3 is 15.8 Å². The number of hydrogen-bond acceptors (Lipinski definition) is 3. The number of nitrogens with one attached hydrogen (secondary N) is 1. The lowest BCUT2D eigenvalue weighted by Gasteiger charge is -2.29. The summed E-state index contributed by atoms with van der Waals surface area (Å²) in [7, 11) is 1.68. The van der Waals surface area contributed by atoms with E-state index in [2.05, 4.69) is 5.32 Å². The average Bonchev–Trinajstić information content (AvgIpc) is 2.38. The Morgan fingerprint density at radius 3 is 2.89 bits per heavy atom. The first-order valence-corrected chi connectivity index (χ1v) is 6.90. The fourth-order valence-corrected chi connectivity index (χ4v) is 2.73. The minimum atomic E-state index is 0.268. The fraction of sp³-hybridized carbons (Fsp3) is 0.571. The van der Waals surface area contributed by atoms with Gasteiger partial charge in [-0.15, -0.1) is 0 Å². The molecule has 2 rings (SSSR count). The molecule has 1 aliphatic rings. The van der Waals surface area contributed by atoms with E-state index in [4.69, 9.17) is 22.1 Å². The van der Waals surface area contributed by atoms with Crippen LogP contribution in [0.15, 0.2) is 18.2 Å². The van der Waals surface area contributed by atoms with Crippen LogP contribution in [0.5, 0.6) is 5.75 Å². The molecule has 2 atom stereocenters. The van der Waals surface area contributed by atoms with Crippen molar-refractivity contribution >= 4 is 11.6 Å². The maximum Gasteiger partial charge on any atom is 0.123 e. The molecule has 0 aromatic heterocycles. The Labute approximate surface area is 114 Å². The molecule has 100 valence electrons. The van der Waals surface area contributed by atoms with Gasteiger partial charge in [-0.2, -0.15) is 0 Å². The van der Waals surface area contributed by atoms with Crippen LogP contribution in [0.4, 0.5) is 0 Å². The van der Waals surface area contributed by atoms with Crippen molar-refractivity contribution in [3.63, 3.8) is 0 Å². The van der Waals surface area contributed by atoms with E-state index in [1.165, 1.54) is 12.8 Å². The second-order valence-corrected chi connectivity index (χ2v) is 5.33. The van der Waals surface area contributed by atoms with Gasteiger partial charge >= 0.3 is 0 Å². The first-order chi connectivity index (χ1) is 8.70. The summed E-state index contributed by atoms with van der Waals surface area (Å²) in [5.41, 5.74) is 7.21. The van der Waals surface area contributed by atoms with Crippen molar-refractivity contribution in [2.45, 2.75) is 44.3 Å². The highest BCUT2D eigenvalue weighted by molar-refractivity contribution is 6.30. The monoisotopic (exact) mass is 268 g/mol. The molecule has 4 heteroatoms. The van der Waals surface area contributed by atoms with E-state index in [0.29, 0.717) is 6.04 Å². The third-order valence-electron chi connectivity index (χ3n) is 3.62. The number of ether oxygens (including phenoxy) is 1. The van der Waals surface area contributed by atoms with Gasteiger partial charge in [0.25, 0.3) is 0 Å². The predicted octanol–water partition coefficient (Wildman–Crippen LogP) is 2.71. The van der Waals surface area contributed by atoms with E-state index in [1.807, 2.05) is 18.2 Å². The Morgan fingerprint density at radius 2 is 2.17 bits per heavy atom. The van der Waals surface area contributed by atoms with Crippen molar-refractivity contribution in [3.8, 4) is 5.75 Å². The molecule has 2 unspecified atom stereocenters. The first-order valence-electron chi connectivity index (χ1n) is 6.52. The second-order valence-electron chi connectivity index (χ2n) is 4.89. The van der Waals surface area contributed by atoms with E-state index < -0.39 is 0 Å². The number of rotatable bonds is 4. The quantitative estimate of drug-likeness (QED) is 0.883. The summed E-state index contributed by atoms with van der Waals surface area (Å²) >= 11 is 6.02. The van der Waals surface area contributed by atoms with Crippen LogP contribution in [0.1, 0.15) is 31.2 Å². The summed E-state index contributed by atoms with van der Waals surface area (Å²) in [4.78, 5) is 0. The third-order valence-corrected chi connectivity index (χ3v) is 3.85. The number of nitrogens with two attached hydrogens (primary N) is 1. The Balaban J connectivity index is 1.98. The molecule has 1 aliphatic carbocycles. The van der Waals surface area contributed by atoms with Crippen molar-refractivity contribution in [1.82, 2.24) is 5.32 Å². The van der Waals surface area contributed by atoms with Gasteiger partial charge in [0.05, 0.1) is 7.11 Å². The molecule has 3 N–H and O–H groups in total. The summed E-state index contributed by atoms with van der Waals surface area (Å²) in [5, 5.41) is 4.26. The number of halogens is 1. The van der Waals surface area contributed by atoms with Gasteiger partial charge in [0.1, 0.15) is 5.75 Å². The largest absolute Gasteiger partial charge is 0.496 e. The van der Waals surface area contributed by atoms with Gasteiger partial charge in [-0.25, -0.2) is 0 Å². The molecule has 0 heterocycles. The van der Waals surface area contributed by atoms with Crippen LogP contribution in [-0.2, 0) is 6.54 Å². The highest BCUT2D eigenvalue weighted by Gasteiger charge is 2.21. The molecule has 1 fully saturated rings. The topological polar surface area (TPSA) is 47.3 Å². The van der Waals surface area contributed by atoms with Crippen molar-refractivity contribution in [2.75, 3.05) is 7.11 Å². The molecule has 0 saturated heterocycles. The SMILES string of the molecule is COc1ccc(Cl)cc1CNC1CCCCC1N. The molecular weight excluding hydrogens is 248 g/mol. The van der Waals surface area contributed by atoms with Gasteiger partial charge in [-0.1, -0.05) is 24.4 Å². The van der Waals surface area contributed by atoms with E-state index in [9.17, 15) is 0 Å². The van der Waals surface area contributed by atoms with Crippen LogP contribution in [0.25, 0.3) is 0 Å². The highest BCUT2D eigenvalue weighted by Crippen LogP contribution is 2.23. The lowest BCUT2D eigenvalue weighted by atomic mass is 9.91. The zero-order valence-electron chi connectivity index (χ0n) is 10.8. The second kappa shape index (κ2) is 6.41. The molecule has 18 heavy (non-hydrogen) atoms. The first kappa shape index (κ1) is 13.7. The molecule has 0 radical (unpaired) electrons. The summed E-state index contributed by atoms with van der Waals surface area (Å²) in [6.07, 6.45) is 4.78. The smallest absolute Gasteiger partial charge is 0.123 e. The minimum absolute atomic E-state index is 0.268. The molecule has 1 saturated carbocycles. The summed E-state index contributed by atoms with van der Waals surface area (Å²) in [6.45, 7) is 0.752. The average molecular weight is 269 g/mol. The summed E-state index contributed by atoms with van der Waals surface area (Å²) in [6, 6.07) is 6.37. The van der Waals surface area contributed by atoms with Gasteiger partial charge in [0.15, 0.2) is 0 Å².